The molecular formula is C24H16N2O7. The number of ketones is 1. The monoisotopic (exact) mass is 444 g/mol. The number of nitro benzene ring substituents is 1. The highest BCUT2D eigenvalue weighted by molar-refractivity contribution is 6.34. The molecule has 0 N–H and O–H groups in total. The molecule has 3 aromatic rings. The summed E-state index contributed by atoms with van der Waals surface area (Å²) in [5.74, 6) is -2.59. The van der Waals surface area contributed by atoms with Gasteiger partial charge in [0.15, 0.2) is 12.4 Å². The van der Waals surface area contributed by atoms with E-state index < -0.39 is 29.3 Å². The first-order valence-corrected chi connectivity index (χ1v) is 9.80. The maximum absolute atomic E-state index is 12.9. The number of esters is 1. The van der Waals surface area contributed by atoms with Crippen LogP contribution in [0.2, 0.25) is 0 Å². The molecule has 1 aliphatic rings. The number of fused-ring (bicyclic) bond motifs is 1. The van der Waals surface area contributed by atoms with Crippen molar-refractivity contribution < 1.29 is 28.8 Å². The van der Waals surface area contributed by atoms with Crippen LogP contribution in [0.25, 0.3) is 0 Å². The minimum atomic E-state index is -0.827. The molecule has 33 heavy (non-hydrogen) atoms. The summed E-state index contributed by atoms with van der Waals surface area (Å²) >= 11 is 0. The molecule has 0 aliphatic carbocycles. The van der Waals surface area contributed by atoms with Gasteiger partial charge in [0.05, 0.1) is 27.3 Å². The molecule has 3 aromatic carbocycles. The Morgan fingerprint density at radius 2 is 1.58 bits per heavy atom. The summed E-state index contributed by atoms with van der Waals surface area (Å²) in [7, 11) is 0. The number of hydrogen-bond acceptors (Lipinski definition) is 7. The molecule has 0 aromatic heterocycles. The van der Waals surface area contributed by atoms with Crippen LogP contribution in [-0.4, -0.2) is 35.1 Å². The SMILES string of the molecule is Cc1ccc(C(=O)COC(=O)c2ccc3c(c2)C(=O)N(c2cccc([N+](=O)[O-])c2)C3=O)cc1. The fourth-order valence-corrected chi connectivity index (χ4v) is 3.39. The molecule has 0 spiro atoms. The highest BCUT2D eigenvalue weighted by atomic mass is 16.6. The Kier molecular flexibility index (Phi) is 5.53. The zero-order valence-electron chi connectivity index (χ0n) is 17.3. The molecule has 0 bridgehead atoms. The summed E-state index contributed by atoms with van der Waals surface area (Å²) < 4.78 is 5.08. The summed E-state index contributed by atoms with van der Waals surface area (Å²) in [6.07, 6.45) is 0. The van der Waals surface area contributed by atoms with E-state index in [1.54, 1.807) is 24.3 Å². The Balaban J connectivity index is 1.52. The summed E-state index contributed by atoms with van der Waals surface area (Å²) in [4.78, 5) is 61.5. The smallest absolute Gasteiger partial charge is 0.338 e. The molecule has 0 saturated heterocycles. The van der Waals surface area contributed by atoms with Crippen LogP contribution in [0, 0.1) is 17.0 Å². The van der Waals surface area contributed by atoms with Crippen LogP contribution in [0.4, 0.5) is 11.4 Å². The number of carbonyl (C=O) groups excluding carboxylic acids is 4. The number of carbonyl (C=O) groups is 4. The number of hydrogen-bond donors (Lipinski definition) is 0. The van der Waals surface area contributed by atoms with E-state index in [1.807, 2.05) is 6.92 Å². The second kappa shape index (κ2) is 8.46. The maximum Gasteiger partial charge on any atom is 0.338 e. The topological polar surface area (TPSA) is 124 Å². The normalized spacial score (nSPS) is 12.5. The largest absolute Gasteiger partial charge is 0.454 e. The van der Waals surface area contributed by atoms with Crippen LogP contribution in [0.15, 0.2) is 66.7 Å². The van der Waals surface area contributed by atoms with Crippen molar-refractivity contribution in [1.82, 2.24) is 0 Å². The van der Waals surface area contributed by atoms with Gasteiger partial charge in [-0.15, -0.1) is 0 Å². The molecule has 1 heterocycles. The summed E-state index contributed by atoms with van der Waals surface area (Å²) in [5, 5.41) is 11.0. The molecule has 1 aliphatic heterocycles. The second-order valence-corrected chi connectivity index (χ2v) is 7.35. The highest BCUT2D eigenvalue weighted by Gasteiger charge is 2.37. The minimum absolute atomic E-state index is 0.00695. The van der Waals surface area contributed by atoms with Crippen molar-refractivity contribution in [3.63, 3.8) is 0 Å². The fraction of sp³-hybridized carbons (Fsp3) is 0.0833. The van der Waals surface area contributed by atoms with Crippen LogP contribution >= 0.6 is 0 Å². The number of nitro groups is 1. The van der Waals surface area contributed by atoms with Gasteiger partial charge in [-0.2, -0.15) is 0 Å². The number of ether oxygens (including phenoxy) is 1. The Bertz CT molecular complexity index is 1330. The number of Topliss-reactive ketones (excluding diaryl/α,β-unsaturated/α-hetero) is 1. The first kappa shape index (κ1) is 21.6. The third-order valence-electron chi connectivity index (χ3n) is 5.13. The standard InChI is InChI=1S/C24H16N2O7/c1-14-5-7-15(8-6-14)21(27)13-33-24(30)16-9-10-19-20(11-16)23(29)25(22(19)28)17-3-2-4-18(12-17)26(31)32/h2-12H,13H2,1H3. The molecule has 9 heteroatoms. The van der Waals surface area contributed by atoms with Gasteiger partial charge in [-0.1, -0.05) is 35.9 Å². The van der Waals surface area contributed by atoms with Crippen molar-refractivity contribution in [2.75, 3.05) is 11.5 Å². The third-order valence-corrected chi connectivity index (χ3v) is 5.13. The van der Waals surface area contributed by atoms with Gasteiger partial charge in [0.2, 0.25) is 0 Å². The quantitative estimate of drug-likeness (QED) is 0.186. The van der Waals surface area contributed by atoms with Crippen LogP contribution < -0.4 is 4.90 Å². The lowest BCUT2D eigenvalue weighted by atomic mass is 10.1. The van der Waals surface area contributed by atoms with Crippen molar-refractivity contribution in [2.45, 2.75) is 6.92 Å². The molecule has 0 fully saturated rings. The van der Waals surface area contributed by atoms with Crippen LogP contribution in [-0.2, 0) is 4.74 Å². The number of aryl methyl sites for hydroxylation is 1. The number of rotatable bonds is 6. The lowest BCUT2D eigenvalue weighted by molar-refractivity contribution is -0.384. The molecule has 0 unspecified atom stereocenters. The van der Waals surface area contributed by atoms with Gasteiger partial charge >= 0.3 is 5.97 Å². The lowest BCUT2D eigenvalue weighted by Gasteiger charge is -2.13. The maximum atomic E-state index is 12.9. The van der Waals surface area contributed by atoms with E-state index in [0.29, 0.717) is 5.56 Å². The van der Waals surface area contributed by atoms with Crippen molar-refractivity contribution in [3.8, 4) is 0 Å². The molecule has 0 saturated carbocycles. The molecular weight excluding hydrogens is 428 g/mol. The van der Waals surface area contributed by atoms with Gasteiger partial charge in [-0.3, -0.25) is 24.5 Å². The van der Waals surface area contributed by atoms with Crippen molar-refractivity contribution in [1.29, 1.82) is 0 Å². The minimum Gasteiger partial charge on any atom is -0.454 e. The molecule has 2 amide bonds. The Hall–Kier alpha value is -4.66. The molecule has 0 atom stereocenters. The second-order valence-electron chi connectivity index (χ2n) is 7.35. The highest BCUT2D eigenvalue weighted by Crippen LogP contribution is 2.31. The number of anilines is 1. The molecule has 4 rings (SSSR count). The number of non-ortho nitro benzene ring substituents is 1. The average Bonchev–Trinajstić information content (AvgIpc) is 3.07. The van der Waals surface area contributed by atoms with Crippen LogP contribution in [0.5, 0.6) is 0 Å². The van der Waals surface area contributed by atoms with Crippen LogP contribution in [0.3, 0.4) is 0 Å². The van der Waals surface area contributed by atoms with E-state index in [-0.39, 0.29) is 33.8 Å². The Labute approximate surface area is 187 Å². The zero-order valence-corrected chi connectivity index (χ0v) is 17.3. The van der Waals surface area contributed by atoms with Crippen molar-refractivity contribution in [3.05, 3.63) is 105 Å². The predicted octanol–water partition coefficient (Wildman–Crippen LogP) is 3.74. The Morgan fingerprint density at radius 1 is 0.909 bits per heavy atom. The van der Waals surface area contributed by atoms with Crippen molar-refractivity contribution >= 4 is 34.9 Å². The third kappa shape index (κ3) is 4.11. The van der Waals surface area contributed by atoms with E-state index in [4.69, 9.17) is 4.74 Å². The van der Waals surface area contributed by atoms with E-state index in [2.05, 4.69) is 0 Å². The number of nitrogens with zero attached hydrogens (tertiary/aromatic N) is 2. The average molecular weight is 444 g/mol. The number of amides is 2. The first-order chi connectivity index (χ1) is 15.8. The van der Waals surface area contributed by atoms with Gasteiger partial charge in [0, 0.05) is 17.7 Å². The predicted molar refractivity (Wildman–Crippen MR) is 116 cm³/mol. The summed E-state index contributed by atoms with van der Waals surface area (Å²) in [5.41, 5.74) is 1.17. The van der Waals surface area contributed by atoms with Gasteiger partial charge in [-0.05, 0) is 31.2 Å². The van der Waals surface area contributed by atoms with E-state index in [1.165, 1.54) is 36.4 Å². The summed E-state index contributed by atoms with van der Waals surface area (Å²) in [6.45, 7) is 1.40. The van der Waals surface area contributed by atoms with E-state index >= 15 is 0 Å². The number of benzene rings is 3. The van der Waals surface area contributed by atoms with Crippen molar-refractivity contribution in [2.24, 2.45) is 0 Å². The van der Waals surface area contributed by atoms with Gasteiger partial charge in [-0.25, -0.2) is 9.69 Å². The molecule has 164 valence electrons. The fourth-order valence-electron chi connectivity index (χ4n) is 3.39. The number of imide groups is 1. The van der Waals surface area contributed by atoms with Gasteiger partial charge in [0.25, 0.3) is 17.5 Å². The van der Waals surface area contributed by atoms with E-state index in [9.17, 15) is 29.3 Å². The van der Waals surface area contributed by atoms with Gasteiger partial charge in [0.1, 0.15) is 0 Å². The first-order valence-electron chi connectivity index (χ1n) is 9.80. The Morgan fingerprint density at radius 3 is 2.27 bits per heavy atom. The summed E-state index contributed by atoms with van der Waals surface area (Å²) in [6, 6.07) is 15.8. The van der Waals surface area contributed by atoms with Crippen LogP contribution in [0.1, 0.15) is 47.0 Å². The molecule has 9 nitrogen and oxygen atoms in total. The zero-order chi connectivity index (χ0) is 23.7. The molecule has 0 radical (unpaired) electrons. The lowest BCUT2D eigenvalue weighted by Crippen LogP contribution is -2.29. The van der Waals surface area contributed by atoms with E-state index in [0.717, 1.165) is 16.5 Å². The van der Waals surface area contributed by atoms with Gasteiger partial charge < -0.3 is 4.74 Å².